The molecule has 4 heterocycles. The summed E-state index contributed by atoms with van der Waals surface area (Å²) in [6, 6.07) is 39.2. The lowest BCUT2D eigenvalue weighted by molar-refractivity contribution is -0.123. The van der Waals surface area contributed by atoms with Crippen LogP contribution in [-0.4, -0.2) is 152 Å². The summed E-state index contributed by atoms with van der Waals surface area (Å²) >= 11 is 0. The molecule has 2 aliphatic carbocycles. The maximum Gasteiger partial charge on any atom is 0.407 e. The molecule has 97 heavy (non-hydrogen) atoms. The number of ether oxygens (including phenoxy) is 7. The van der Waals surface area contributed by atoms with Crippen LogP contribution in [0.5, 0.6) is 11.5 Å². The molecule has 1 unspecified atom stereocenters. The number of aromatic nitrogens is 5. The highest BCUT2D eigenvalue weighted by Gasteiger charge is 2.32. The van der Waals surface area contributed by atoms with Gasteiger partial charge in [0.1, 0.15) is 19.8 Å². The minimum absolute atomic E-state index is 0.0138. The molecule has 0 saturated heterocycles. The quantitative estimate of drug-likeness (QED) is 0.0221. The molecule has 4 aliphatic rings. The minimum Gasteiger partial charge on any atom is -0.487 e. The summed E-state index contributed by atoms with van der Waals surface area (Å²) in [5, 5.41) is 28.8. The van der Waals surface area contributed by atoms with Gasteiger partial charge in [-0.3, -0.25) is 14.8 Å². The molecule has 0 saturated carbocycles. The Morgan fingerprint density at radius 1 is 0.567 bits per heavy atom. The molecule has 0 fully saturated rings. The van der Waals surface area contributed by atoms with Gasteiger partial charge in [-0.2, -0.15) is 0 Å². The zero-order valence-corrected chi connectivity index (χ0v) is 55.8. The highest BCUT2D eigenvalue weighted by Crippen LogP contribution is 2.46. The predicted octanol–water partition coefficient (Wildman–Crippen LogP) is 12.4. The summed E-state index contributed by atoms with van der Waals surface area (Å²) in [7, 11) is 1.61. The second kappa shape index (κ2) is 33.4. The number of hydrogen-bond acceptors (Lipinski definition) is 16. The number of H-pyrrole nitrogens is 1. The number of aryl methyl sites for hydroxylation is 2. The third-order valence-electron chi connectivity index (χ3n) is 18.2. The van der Waals surface area contributed by atoms with E-state index in [1.165, 1.54) is 0 Å². The number of methoxy groups -OCH3 is 1. The van der Waals surface area contributed by atoms with E-state index < -0.39 is 30.7 Å². The summed E-state index contributed by atoms with van der Waals surface area (Å²) in [6.45, 7) is 9.98. The van der Waals surface area contributed by atoms with Crippen LogP contribution in [0.4, 0.5) is 9.59 Å². The van der Waals surface area contributed by atoms with E-state index in [0.29, 0.717) is 68.8 Å². The van der Waals surface area contributed by atoms with Crippen LogP contribution in [0.2, 0.25) is 0 Å². The van der Waals surface area contributed by atoms with E-state index in [2.05, 4.69) is 95.4 Å². The summed E-state index contributed by atoms with van der Waals surface area (Å²) in [5.41, 5.74) is 20.3. The molecule has 20 nitrogen and oxygen atoms in total. The van der Waals surface area contributed by atoms with Gasteiger partial charge in [-0.1, -0.05) is 111 Å². The first-order valence-electron chi connectivity index (χ1n) is 33.6. The van der Waals surface area contributed by atoms with Crippen LogP contribution in [0.25, 0.3) is 66.6 Å². The molecule has 5 aromatic carbocycles. The maximum atomic E-state index is 14.0. The lowest BCUT2D eigenvalue weighted by Gasteiger charge is -2.21. The summed E-state index contributed by atoms with van der Waals surface area (Å²) in [4.78, 5) is 65.6. The molecular weight excluding hydrogens is 1230 g/mol. The van der Waals surface area contributed by atoms with E-state index in [4.69, 9.17) is 53.1 Å². The number of aliphatic hydroxyl groups excluding tert-OH is 2. The molecule has 506 valence electrons. The lowest BCUT2D eigenvalue weighted by Crippen LogP contribution is -2.46. The normalized spacial score (nSPS) is 13.4. The van der Waals surface area contributed by atoms with Gasteiger partial charge in [0.15, 0.2) is 18.1 Å². The van der Waals surface area contributed by atoms with Crippen LogP contribution >= 0.6 is 0 Å². The molecule has 1 atom stereocenters. The zero-order chi connectivity index (χ0) is 67.6. The van der Waals surface area contributed by atoms with E-state index >= 15 is 0 Å². The van der Waals surface area contributed by atoms with Crippen LogP contribution in [-0.2, 0) is 34.9 Å². The molecule has 6 bridgehead atoms. The fourth-order valence-corrected chi connectivity index (χ4v) is 13.2. The molecule has 6 N–H and O–H groups in total. The maximum absolute atomic E-state index is 14.0. The number of aromatic amines is 1. The van der Waals surface area contributed by atoms with Crippen LogP contribution in [0.3, 0.4) is 0 Å². The number of aliphatic hydroxyl groups is 2. The van der Waals surface area contributed by atoms with Crippen molar-refractivity contribution in [2.75, 3.05) is 92.9 Å². The van der Waals surface area contributed by atoms with Crippen molar-refractivity contribution in [3.63, 3.8) is 0 Å². The number of amides is 3. The number of benzene rings is 5. The molecule has 2 aliphatic heterocycles. The SMILES string of the molecule is CCC1=C(CC)c2cc3[nH]c(cnc4cc(OCC(=O)NCCC(CNC(=O)OCC5c6ccccc6-c6ccccc65)NC(=O)OCC5c6ccccc6-c6ccccc65)c(OCCOCCOCCOC)cc4ncc4nc(cc1n2)C(CCCO)=C4C)c(C)c3CCCO. The number of allylic oxidation sites excluding steroid dienone is 4. The third kappa shape index (κ3) is 16.5. The van der Waals surface area contributed by atoms with Crippen LogP contribution < -0.4 is 25.4 Å². The van der Waals surface area contributed by atoms with Gasteiger partial charge in [-0.15, -0.1) is 0 Å². The van der Waals surface area contributed by atoms with E-state index in [1.807, 2.05) is 62.4 Å². The molecule has 7 aromatic rings. The number of hydrogen-bond donors (Lipinski definition) is 6. The molecule has 3 amide bonds. The largest absolute Gasteiger partial charge is 0.487 e. The highest BCUT2D eigenvalue weighted by atomic mass is 16.6. The Morgan fingerprint density at radius 2 is 1.08 bits per heavy atom. The molecule has 0 radical (unpaired) electrons. The van der Waals surface area contributed by atoms with Gasteiger partial charge in [0.2, 0.25) is 0 Å². The lowest BCUT2D eigenvalue weighted by atomic mass is 9.98. The zero-order valence-electron chi connectivity index (χ0n) is 55.8. The number of rotatable bonds is 31. The molecule has 2 aromatic heterocycles. The van der Waals surface area contributed by atoms with Gasteiger partial charge < -0.3 is 64.3 Å². The Labute approximate surface area is 565 Å². The summed E-state index contributed by atoms with van der Waals surface area (Å²) < 4.78 is 41.2. The van der Waals surface area contributed by atoms with E-state index in [-0.39, 0.29) is 82.5 Å². The number of nitrogens with zero attached hydrogens (tertiary/aromatic N) is 4. The fourth-order valence-electron chi connectivity index (χ4n) is 13.2. The smallest absolute Gasteiger partial charge is 0.407 e. The summed E-state index contributed by atoms with van der Waals surface area (Å²) in [5.74, 6) is -0.363. The van der Waals surface area contributed by atoms with E-state index in [1.54, 1.807) is 31.6 Å². The highest BCUT2D eigenvalue weighted by molar-refractivity contribution is 5.95. The van der Waals surface area contributed by atoms with Gasteiger partial charge in [0, 0.05) is 62.9 Å². The van der Waals surface area contributed by atoms with Crippen molar-refractivity contribution in [1.82, 2.24) is 40.9 Å². The second-order valence-corrected chi connectivity index (χ2v) is 24.2. The third-order valence-corrected chi connectivity index (χ3v) is 18.2. The van der Waals surface area contributed by atoms with Gasteiger partial charge in [-0.05, 0) is 149 Å². The monoisotopic (exact) mass is 1310 g/mol. The minimum atomic E-state index is -0.716. The average Bonchev–Trinajstić information content (AvgIpc) is 1.65. The van der Waals surface area contributed by atoms with Crippen molar-refractivity contribution in [2.45, 2.75) is 90.5 Å². The van der Waals surface area contributed by atoms with Crippen molar-refractivity contribution in [3.8, 4) is 33.8 Å². The first-order valence-corrected chi connectivity index (χ1v) is 33.6. The number of nitrogens with one attached hydrogen (secondary N) is 4. The number of carbonyl (C=O) groups is 3. The second-order valence-electron chi connectivity index (χ2n) is 24.2. The summed E-state index contributed by atoms with van der Waals surface area (Å²) in [6.07, 6.45) is 6.08. The molecule has 20 heteroatoms. The van der Waals surface area contributed by atoms with Crippen molar-refractivity contribution >= 4 is 62.5 Å². The standard InChI is InChI=1S/C77H86N8O12/c1-6-51-52(7-2)66-39-68-54(27-17-31-87)49(4)72(85-68)44-80-70-41-74(73(94-37-36-93-35-34-92-33-32-91-5)40-69(70)79-43-71-48(3)53(26-16-30-86)67(84-71)38-65(51)83-66)95-47-75(88)78-29-28-50(82-77(90)97-46-64-61-24-14-10-20-57(61)58-21-11-15-25-62(58)64)42-81-76(89)96-45-63-59-22-12-8-18-55(59)56-19-9-13-23-60(56)63/h8-15,18-25,38-41,43-44,50,63-64,85-87H,6-7,16-17,26-37,42,45-47H2,1-5H3,(H,78,88)(H,81,89)(H,82,90). The average molecular weight is 1320 g/mol. The van der Waals surface area contributed by atoms with Crippen molar-refractivity contribution in [3.05, 3.63) is 190 Å². The van der Waals surface area contributed by atoms with Crippen LogP contribution in [0.15, 0.2) is 134 Å². The molecule has 0 spiro atoms. The Kier molecular flexibility index (Phi) is 23.7. The van der Waals surface area contributed by atoms with Gasteiger partial charge in [0.05, 0.1) is 90.8 Å². The van der Waals surface area contributed by atoms with E-state index in [0.717, 1.165) is 119 Å². The molecule has 11 rings (SSSR count). The number of alkyl carbamates (subject to hydrolysis) is 2. The van der Waals surface area contributed by atoms with Gasteiger partial charge in [-0.25, -0.2) is 19.6 Å². The van der Waals surface area contributed by atoms with Gasteiger partial charge in [0.25, 0.3) is 5.91 Å². The Bertz CT molecular complexity index is 4170. The Balaban J connectivity index is 0.859. The first-order chi connectivity index (χ1) is 47.5. The van der Waals surface area contributed by atoms with Gasteiger partial charge >= 0.3 is 12.2 Å². The fraction of sp³-hybridized carbons (Fsp3) is 0.364. The van der Waals surface area contributed by atoms with Crippen LogP contribution in [0.1, 0.15) is 127 Å². The number of fused-ring (bicyclic) bond motifs is 13. The first kappa shape index (κ1) is 68.8. The predicted molar refractivity (Wildman–Crippen MR) is 375 cm³/mol. The topological polar surface area (TPSA) is 260 Å². The Morgan fingerprint density at radius 3 is 1.67 bits per heavy atom. The number of carbonyl (C=O) groups excluding carboxylic acids is 3. The van der Waals surface area contributed by atoms with Crippen LogP contribution in [0, 0.1) is 6.92 Å². The molecular formula is C77H86N8O12. The van der Waals surface area contributed by atoms with Crippen molar-refractivity contribution < 1.29 is 57.8 Å². The van der Waals surface area contributed by atoms with Crippen molar-refractivity contribution in [1.29, 1.82) is 0 Å². The van der Waals surface area contributed by atoms with Crippen molar-refractivity contribution in [2.24, 2.45) is 0 Å². The van der Waals surface area contributed by atoms with E-state index in [9.17, 15) is 24.6 Å². The Hall–Kier alpha value is -9.57.